The Bertz CT molecular complexity index is 2610. The van der Waals surface area contributed by atoms with Crippen LogP contribution in [-0.4, -0.2) is 9.97 Å². The maximum atomic E-state index is 8.81. The molecule has 0 radical (unpaired) electrons. The molecule has 0 bridgehead atoms. The summed E-state index contributed by atoms with van der Waals surface area (Å²) in [6.45, 7) is 0. The zero-order valence-electron chi connectivity index (χ0n) is 37.4. The SMILES string of the molecule is [2H]c1c([2H])c([2H])c(N(c2ccc(Cc3ccc(N(c4ccc(-c5ccccn5)cc4)c4c([2H])c([2H])c([2H])c([2H])c4[2H])cc3)cc2)c2ccc(-c3ccccn3)cc2)c([2H])c1[2H]. The Morgan fingerprint density at radius 1 is 0.373 bits per heavy atom. The number of pyridine rings is 2. The van der Waals surface area contributed by atoms with E-state index in [4.69, 9.17) is 13.7 Å². The van der Waals surface area contributed by atoms with Crippen molar-refractivity contribution in [3.63, 3.8) is 0 Å². The fraction of sp³-hybridized carbons (Fsp3) is 0.0213. The second kappa shape index (κ2) is 14.8. The number of aromatic nitrogens is 2. The van der Waals surface area contributed by atoms with Crippen LogP contribution in [0.15, 0.2) is 206 Å². The number of anilines is 6. The normalized spacial score (nSPS) is 13.6. The first-order valence-corrected chi connectivity index (χ1v) is 16.4. The van der Waals surface area contributed by atoms with E-state index >= 15 is 0 Å². The topological polar surface area (TPSA) is 32.3 Å². The summed E-state index contributed by atoms with van der Waals surface area (Å²) in [6, 6.07) is 37.3. The van der Waals surface area contributed by atoms with Crippen molar-refractivity contribution in [3.05, 3.63) is 217 Å². The summed E-state index contributed by atoms with van der Waals surface area (Å²) in [5.74, 6) is 0. The van der Waals surface area contributed by atoms with Gasteiger partial charge in [0.25, 0.3) is 0 Å². The minimum absolute atomic E-state index is 0.0231. The average molecular weight is 667 g/mol. The van der Waals surface area contributed by atoms with Crippen molar-refractivity contribution in [3.8, 4) is 22.5 Å². The molecule has 0 fully saturated rings. The van der Waals surface area contributed by atoms with Gasteiger partial charge in [-0.2, -0.15) is 0 Å². The van der Waals surface area contributed by atoms with Crippen LogP contribution in [-0.2, 0) is 6.42 Å². The summed E-state index contributed by atoms with van der Waals surface area (Å²) in [7, 11) is 0. The highest BCUT2D eigenvalue weighted by Crippen LogP contribution is 2.37. The lowest BCUT2D eigenvalue weighted by molar-refractivity contribution is 1.18. The molecule has 0 aliphatic carbocycles. The predicted octanol–water partition coefficient (Wildman–Crippen LogP) is 12.3. The van der Waals surface area contributed by atoms with Crippen molar-refractivity contribution in [2.45, 2.75) is 6.42 Å². The van der Waals surface area contributed by atoms with Crippen LogP contribution >= 0.6 is 0 Å². The smallest absolute Gasteiger partial charge is 0.0701 e. The molecule has 6 aromatic carbocycles. The minimum Gasteiger partial charge on any atom is -0.311 e. The fourth-order valence-corrected chi connectivity index (χ4v) is 5.92. The van der Waals surface area contributed by atoms with Crippen LogP contribution in [0.2, 0.25) is 0 Å². The number of nitrogens with zero attached hydrogens (tertiary/aromatic N) is 4. The molecule has 0 atom stereocenters. The molecule has 8 aromatic rings. The van der Waals surface area contributed by atoms with Gasteiger partial charge in [-0.05, 0) is 115 Å². The number of para-hydroxylation sites is 2. The van der Waals surface area contributed by atoms with Gasteiger partial charge >= 0.3 is 0 Å². The molecule has 0 saturated heterocycles. The summed E-state index contributed by atoms with van der Waals surface area (Å²) in [6.07, 6.45) is 3.94. The zero-order chi connectivity index (χ0) is 42.9. The Morgan fingerprint density at radius 3 is 1.06 bits per heavy atom. The van der Waals surface area contributed by atoms with Crippen molar-refractivity contribution in [2.24, 2.45) is 0 Å². The molecular formula is C47H36N4. The van der Waals surface area contributed by atoms with Gasteiger partial charge in [0, 0.05) is 57.6 Å². The molecule has 4 nitrogen and oxygen atoms in total. The molecule has 244 valence electrons. The highest BCUT2D eigenvalue weighted by molar-refractivity contribution is 5.79. The van der Waals surface area contributed by atoms with E-state index in [0.29, 0.717) is 29.2 Å². The van der Waals surface area contributed by atoms with Crippen LogP contribution < -0.4 is 9.80 Å². The second-order valence-electron chi connectivity index (χ2n) is 11.7. The lowest BCUT2D eigenvalue weighted by Crippen LogP contribution is -2.10. The standard InChI is InChI=1S/C47H36N4/c1-3-11-40(12-4-1)50(44-29-21-38(22-30-44)46-15-7-9-33-48-46)42-25-17-36(18-26-42)35-37-19-27-43(28-20-37)51(41-13-5-2-6-14-41)45-31-23-39(24-32-45)47-16-8-10-34-49-47/h1-34H,35H2/i1D,2D,3D,4D,5D,6D,11D,12D,13D,14D. The minimum atomic E-state index is -0.472. The molecule has 0 N–H and O–H groups in total. The lowest BCUT2D eigenvalue weighted by Gasteiger charge is -2.26. The van der Waals surface area contributed by atoms with Crippen molar-refractivity contribution >= 4 is 34.1 Å². The van der Waals surface area contributed by atoms with Crippen LogP contribution in [0.4, 0.5) is 34.1 Å². The Morgan fingerprint density at radius 2 is 0.725 bits per heavy atom. The lowest BCUT2D eigenvalue weighted by atomic mass is 10.0. The third-order valence-electron chi connectivity index (χ3n) is 8.39. The molecule has 0 amide bonds. The van der Waals surface area contributed by atoms with E-state index in [-0.39, 0.29) is 35.5 Å². The third kappa shape index (κ3) is 7.17. The van der Waals surface area contributed by atoms with E-state index in [9.17, 15) is 0 Å². The molecule has 0 unspecified atom stereocenters. The van der Waals surface area contributed by atoms with Crippen LogP contribution in [0.25, 0.3) is 22.5 Å². The summed E-state index contributed by atoms with van der Waals surface area (Å²) in [5.41, 5.74) is 7.57. The van der Waals surface area contributed by atoms with E-state index in [0.717, 1.165) is 33.6 Å². The second-order valence-corrected chi connectivity index (χ2v) is 11.7. The first-order valence-electron chi connectivity index (χ1n) is 21.4. The summed E-state index contributed by atoms with van der Waals surface area (Å²) in [4.78, 5) is 12.2. The number of hydrogen-bond acceptors (Lipinski definition) is 4. The first-order chi connectivity index (χ1) is 29.4. The Kier molecular flexibility index (Phi) is 6.38. The third-order valence-corrected chi connectivity index (χ3v) is 8.39. The van der Waals surface area contributed by atoms with Crippen molar-refractivity contribution < 1.29 is 13.7 Å². The fourth-order valence-electron chi connectivity index (χ4n) is 5.92. The molecule has 0 aliphatic rings. The quantitative estimate of drug-likeness (QED) is 0.145. The Hall–Kier alpha value is -6.78. The monoisotopic (exact) mass is 666 g/mol. The van der Waals surface area contributed by atoms with Gasteiger partial charge < -0.3 is 9.80 Å². The van der Waals surface area contributed by atoms with E-state index in [1.165, 1.54) is 0 Å². The molecule has 8 rings (SSSR count). The number of benzene rings is 6. The van der Waals surface area contributed by atoms with E-state index in [1.54, 1.807) is 22.2 Å². The van der Waals surface area contributed by atoms with Gasteiger partial charge in [0.15, 0.2) is 0 Å². The van der Waals surface area contributed by atoms with Crippen LogP contribution in [0.1, 0.15) is 24.8 Å². The van der Waals surface area contributed by atoms with Gasteiger partial charge in [-0.25, -0.2) is 0 Å². The van der Waals surface area contributed by atoms with Crippen LogP contribution in [0.3, 0.4) is 0 Å². The molecule has 0 spiro atoms. The molecule has 0 saturated carbocycles. The van der Waals surface area contributed by atoms with Crippen LogP contribution in [0.5, 0.6) is 0 Å². The van der Waals surface area contributed by atoms with Crippen molar-refractivity contribution in [1.29, 1.82) is 0 Å². The summed E-state index contributed by atoms with van der Waals surface area (Å²) >= 11 is 0. The molecule has 2 aromatic heterocycles. The molecule has 0 aliphatic heterocycles. The zero-order valence-corrected chi connectivity index (χ0v) is 27.4. The van der Waals surface area contributed by atoms with Crippen LogP contribution in [0, 0.1) is 0 Å². The van der Waals surface area contributed by atoms with Gasteiger partial charge in [-0.15, -0.1) is 0 Å². The number of hydrogen-bond donors (Lipinski definition) is 0. The van der Waals surface area contributed by atoms with E-state index in [2.05, 4.69) is 9.97 Å². The van der Waals surface area contributed by atoms with Gasteiger partial charge in [0.2, 0.25) is 0 Å². The van der Waals surface area contributed by atoms with E-state index in [1.807, 2.05) is 133 Å². The molecule has 2 heterocycles. The average Bonchev–Trinajstić information content (AvgIpc) is 3.30. The van der Waals surface area contributed by atoms with Crippen molar-refractivity contribution in [2.75, 3.05) is 9.80 Å². The van der Waals surface area contributed by atoms with E-state index < -0.39 is 36.3 Å². The van der Waals surface area contributed by atoms with Crippen molar-refractivity contribution in [1.82, 2.24) is 9.97 Å². The summed E-state index contributed by atoms with van der Waals surface area (Å²) < 4.78 is 85.2. The predicted molar refractivity (Wildman–Crippen MR) is 212 cm³/mol. The Balaban J connectivity index is 1.12. The maximum Gasteiger partial charge on any atom is 0.0701 e. The van der Waals surface area contributed by atoms with Gasteiger partial charge in [-0.3, -0.25) is 9.97 Å². The number of rotatable bonds is 10. The molecular weight excluding hydrogens is 621 g/mol. The highest BCUT2D eigenvalue weighted by Gasteiger charge is 2.15. The highest BCUT2D eigenvalue weighted by atomic mass is 15.1. The maximum absolute atomic E-state index is 8.81. The summed E-state index contributed by atoms with van der Waals surface area (Å²) in [5, 5.41) is 0. The van der Waals surface area contributed by atoms with Gasteiger partial charge in [-0.1, -0.05) is 96.9 Å². The largest absolute Gasteiger partial charge is 0.311 e. The van der Waals surface area contributed by atoms with Gasteiger partial charge in [0.05, 0.1) is 25.1 Å². The molecule has 51 heavy (non-hydrogen) atoms. The Labute approximate surface area is 313 Å². The first kappa shape index (κ1) is 22.0. The van der Waals surface area contributed by atoms with Gasteiger partial charge in [0.1, 0.15) is 0 Å². The molecule has 4 heteroatoms.